The molecule has 0 saturated carbocycles. The average molecular weight is 306 g/mol. The van der Waals surface area contributed by atoms with Crippen molar-refractivity contribution < 1.29 is 39.5 Å². The Bertz CT molecular complexity index is 242. The summed E-state index contributed by atoms with van der Waals surface area (Å²) >= 11 is 0. The smallest absolute Gasteiger partial charge is 0.204 e. The minimum atomic E-state index is -5.42. The summed E-state index contributed by atoms with van der Waals surface area (Å²) in [5, 5.41) is 0. The molecule has 19 heavy (non-hydrogen) atoms. The van der Waals surface area contributed by atoms with Gasteiger partial charge in [0.25, 0.3) is 0 Å². The van der Waals surface area contributed by atoms with Gasteiger partial charge in [-0.25, -0.2) is 8.78 Å². The minimum Gasteiger partial charge on any atom is -0.204 e. The van der Waals surface area contributed by atoms with E-state index in [-0.39, 0.29) is 0 Å². The van der Waals surface area contributed by atoms with Gasteiger partial charge in [0.2, 0.25) is 0 Å². The molecule has 0 aromatic rings. The highest BCUT2D eigenvalue weighted by Gasteiger charge is 2.59. The van der Waals surface area contributed by atoms with Crippen LogP contribution in [0.5, 0.6) is 0 Å². The molecule has 0 heterocycles. The molecule has 0 fully saturated rings. The van der Waals surface area contributed by atoms with Crippen LogP contribution in [-0.4, -0.2) is 24.4 Å². The van der Waals surface area contributed by atoms with E-state index >= 15 is 0 Å². The normalized spacial score (nSPS) is 13.9. The molecule has 0 rings (SSSR count). The molecule has 0 nitrogen and oxygen atoms in total. The molecule has 0 saturated heterocycles. The van der Waals surface area contributed by atoms with Gasteiger partial charge in [0.05, 0.1) is 0 Å². The Morgan fingerprint density at radius 3 is 0.947 bits per heavy atom. The van der Waals surface area contributed by atoms with Crippen LogP contribution in [0.2, 0.25) is 0 Å². The number of alkyl halides is 9. The van der Waals surface area contributed by atoms with Crippen LogP contribution in [-0.2, 0) is 0 Å². The van der Waals surface area contributed by atoms with Crippen LogP contribution in [0, 0.1) is 11.8 Å². The lowest BCUT2D eigenvalue weighted by molar-refractivity contribution is -0.298. The zero-order valence-electron chi connectivity index (χ0n) is 10.6. The first-order valence-corrected chi connectivity index (χ1v) is 5.18. The van der Waals surface area contributed by atoms with Crippen molar-refractivity contribution in [2.75, 3.05) is 0 Å². The molecule has 0 aromatic heterocycles. The molecule has 0 N–H and O–H groups in total. The van der Waals surface area contributed by atoms with E-state index < -0.39 is 36.3 Å². The zero-order valence-corrected chi connectivity index (χ0v) is 10.6. The number of rotatable bonds is 3. The molecule has 0 unspecified atom stereocenters. The Kier molecular flexibility index (Phi) is 7.29. The molecule has 9 heteroatoms. The second-order valence-corrected chi connectivity index (χ2v) is 4.41. The van der Waals surface area contributed by atoms with Gasteiger partial charge < -0.3 is 0 Å². The predicted molar refractivity (Wildman–Crippen MR) is 51.6 cm³/mol. The van der Waals surface area contributed by atoms with Crippen LogP contribution in [0.15, 0.2) is 0 Å². The van der Waals surface area contributed by atoms with Crippen molar-refractivity contribution in [1.82, 2.24) is 0 Å². The summed E-state index contributed by atoms with van der Waals surface area (Å²) in [4.78, 5) is 0. The van der Waals surface area contributed by atoms with Crippen molar-refractivity contribution in [2.45, 2.75) is 52.1 Å². The predicted octanol–water partition coefficient (Wildman–Crippen LogP) is 5.38. The summed E-state index contributed by atoms with van der Waals surface area (Å²) in [6, 6.07) is 0. The highest BCUT2D eigenvalue weighted by Crippen LogP contribution is 2.40. The maximum absolute atomic E-state index is 11.9. The molecule has 0 aliphatic rings. The number of halogens is 9. The van der Waals surface area contributed by atoms with Gasteiger partial charge >= 0.3 is 24.4 Å². The quantitative estimate of drug-likeness (QED) is 0.614. The first kappa shape index (κ1) is 20.7. The fourth-order valence-corrected chi connectivity index (χ4v) is 0.579. The fraction of sp³-hybridized carbons (Fsp3) is 1.00. The Labute approximate surface area is 105 Å². The van der Waals surface area contributed by atoms with Crippen molar-refractivity contribution >= 4 is 0 Å². The van der Waals surface area contributed by atoms with Gasteiger partial charge in [-0.1, -0.05) is 27.7 Å². The summed E-state index contributed by atoms with van der Waals surface area (Å²) in [5.41, 5.74) is 0. The van der Waals surface area contributed by atoms with E-state index in [4.69, 9.17) is 0 Å². The molecule has 0 atom stereocenters. The summed E-state index contributed by atoms with van der Waals surface area (Å²) in [5.74, 6) is -11.4. The lowest BCUT2D eigenvalue weighted by Gasteiger charge is -2.22. The standard InChI is InChI=1S/C5H7F5.C5H8F4/c1-3(2)4(6,7)5(8,9)10;1-3(2)5(8,9)4(6)7/h3H,1-2H3;3-4H,1-2H3. The molecule has 0 aromatic carbocycles. The number of hydrogen-bond acceptors (Lipinski definition) is 0. The lowest BCUT2D eigenvalue weighted by atomic mass is 10.1. The molecule has 0 aliphatic carbocycles. The van der Waals surface area contributed by atoms with E-state index in [2.05, 4.69) is 0 Å². The van der Waals surface area contributed by atoms with Crippen LogP contribution in [0.1, 0.15) is 27.7 Å². The first-order chi connectivity index (χ1) is 8.08. The van der Waals surface area contributed by atoms with E-state index in [9.17, 15) is 39.5 Å². The van der Waals surface area contributed by atoms with Crippen LogP contribution in [0.4, 0.5) is 39.5 Å². The monoisotopic (exact) mass is 306 g/mol. The molecular weight excluding hydrogens is 291 g/mol. The maximum atomic E-state index is 11.9. The van der Waals surface area contributed by atoms with Gasteiger partial charge in [-0.15, -0.1) is 0 Å². The van der Waals surface area contributed by atoms with Crippen molar-refractivity contribution in [3.63, 3.8) is 0 Å². The third-order valence-corrected chi connectivity index (χ3v) is 2.16. The third-order valence-electron chi connectivity index (χ3n) is 2.16. The summed E-state index contributed by atoms with van der Waals surface area (Å²) in [6.07, 6.45) is -8.96. The average Bonchev–Trinajstić information content (AvgIpc) is 2.15. The fourth-order valence-electron chi connectivity index (χ4n) is 0.579. The first-order valence-electron chi connectivity index (χ1n) is 5.18. The van der Waals surface area contributed by atoms with Crippen molar-refractivity contribution in [3.8, 4) is 0 Å². The maximum Gasteiger partial charge on any atom is 0.453 e. The van der Waals surface area contributed by atoms with E-state index in [1.54, 1.807) is 0 Å². The Balaban J connectivity index is 0. The second-order valence-electron chi connectivity index (χ2n) is 4.41. The molecule has 0 amide bonds. The van der Waals surface area contributed by atoms with Crippen LogP contribution < -0.4 is 0 Å². The Hall–Kier alpha value is -0.630. The summed E-state index contributed by atoms with van der Waals surface area (Å²) in [6.45, 7) is 3.78. The van der Waals surface area contributed by atoms with Gasteiger partial charge in [-0.3, -0.25) is 0 Å². The van der Waals surface area contributed by atoms with E-state index in [1.165, 1.54) is 0 Å². The lowest BCUT2D eigenvalue weighted by Crippen LogP contribution is -2.40. The van der Waals surface area contributed by atoms with Crippen molar-refractivity contribution in [3.05, 3.63) is 0 Å². The highest BCUT2D eigenvalue weighted by molar-refractivity contribution is 4.78. The number of hydrogen-bond donors (Lipinski definition) is 0. The van der Waals surface area contributed by atoms with Crippen LogP contribution >= 0.6 is 0 Å². The molecule has 118 valence electrons. The summed E-state index contributed by atoms with van der Waals surface area (Å²) in [7, 11) is 0. The van der Waals surface area contributed by atoms with E-state index in [0.29, 0.717) is 0 Å². The summed E-state index contributed by atoms with van der Waals surface area (Å²) < 4.78 is 104. The molecule has 0 bridgehead atoms. The van der Waals surface area contributed by atoms with Crippen molar-refractivity contribution in [1.29, 1.82) is 0 Å². The molecule has 0 aliphatic heterocycles. The Morgan fingerprint density at radius 2 is 0.947 bits per heavy atom. The van der Waals surface area contributed by atoms with Crippen molar-refractivity contribution in [2.24, 2.45) is 11.8 Å². The van der Waals surface area contributed by atoms with Gasteiger partial charge in [0.15, 0.2) is 0 Å². The van der Waals surface area contributed by atoms with Gasteiger partial charge in [-0.05, 0) is 0 Å². The van der Waals surface area contributed by atoms with Crippen LogP contribution in [0.25, 0.3) is 0 Å². The van der Waals surface area contributed by atoms with E-state index in [0.717, 1.165) is 27.7 Å². The third kappa shape index (κ3) is 5.90. The molecule has 0 radical (unpaired) electrons. The van der Waals surface area contributed by atoms with Crippen LogP contribution in [0.3, 0.4) is 0 Å². The molecular formula is C10H15F9. The zero-order chi connectivity index (χ0) is 16.2. The van der Waals surface area contributed by atoms with Gasteiger partial charge in [-0.2, -0.15) is 30.7 Å². The Morgan fingerprint density at radius 1 is 0.632 bits per heavy atom. The topological polar surface area (TPSA) is 0 Å². The van der Waals surface area contributed by atoms with Gasteiger partial charge in [0, 0.05) is 11.8 Å². The minimum absolute atomic E-state index is 0.827. The molecule has 0 spiro atoms. The van der Waals surface area contributed by atoms with Gasteiger partial charge in [0.1, 0.15) is 0 Å². The highest BCUT2D eigenvalue weighted by atomic mass is 19.4. The van der Waals surface area contributed by atoms with E-state index in [1.807, 2.05) is 0 Å². The second kappa shape index (κ2) is 6.69. The largest absolute Gasteiger partial charge is 0.453 e. The SMILES string of the molecule is CC(C)C(F)(F)C(F)(F)F.CC(C)C(F)(F)C(F)F.